The summed E-state index contributed by atoms with van der Waals surface area (Å²) in [5.41, 5.74) is 4.13. The van der Waals surface area contributed by atoms with Crippen molar-refractivity contribution in [2.45, 2.75) is 33.4 Å². The lowest BCUT2D eigenvalue weighted by Crippen LogP contribution is -2.29. The molecule has 1 unspecified atom stereocenters. The van der Waals surface area contributed by atoms with E-state index in [-0.39, 0.29) is 6.61 Å². The molecule has 9 heteroatoms. The fourth-order valence-corrected chi connectivity index (χ4v) is 4.41. The maximum absolute atomic E-state index is 12.9. The van der Waals surface area contributed by atoms with Crippen LogP contribution in [0.3, 0.4) is 0 Å². The second-order valence-electron chi connectivity index (χ2n) is 7.56. The van der Waals surface area contributed by atoms with E-state index in [1.54, 1.807) is 18.7 Å². The quantitative estimate of drug-likeness (QED) is 0.455. The third-order valence-corrected chi connectivity index (χ3v) is 6.08. The molecular formula is C24H25BrN4O4. The van der Waals surface area contributed by atoms with Crippen LogP contribution >= 0.6 is 15.9 Å². The van der Waals surface area contributed by atoms with Crippen molar-refractivity contribution >= 4 is 27.8 Å². The number of anilines is 1. The van der Waals surface area contributed by atoms with E-state index in [1.165, 1.54) is 6.33 Å². The average Bonchev–Trinajstić information content (AvgIpc) is 3.26. The highest BCUT2D eigenvalue weighted by Gasteiger charge is 2.35. The molecule has 0 radical (unpaired) electrons. The van der Waals surface area contributed by atoms with Gasteiger partial charge in [-0.1, -0.05) is 24.3 Å². The number of carbonyl (C=O) groups excluding carboxylic acids is 1. The summed E-state index contributed by atoms with van der Waals surface area (Å²) in [5, 5.41) is 7.48. The van der Waals surface area contributed by atoms with E-state index in [0.717, 1.165) is 16.7 Å². The Hall–Kier alpha value is -3.33. The Labute approximate surface area is 200 Å². The number of fused-ring (bicyclic) bond motifs is 1. The van der Waals surface area contributed by atoms with Gasteiger partial charge in [-0.25, -0.2) is 9.48 Å². The number of allylic oxidation sites excluding steroid dienone is 1. The molecule has 4 rings (SSSR count). The fourth-order valence-electron chi connectivity index (χ4n) is 3.83. The predicted molar refractivity (Wildman–Crippen MR) is 127 cm³/mol. The summed E-state index contributed by atoms with van der Waals surface area (Å²) in [4.78, 5) is 17.1. The summed E-state index contributed by atoms with van der Waals surface area (Å²) in [6, 6.07) is 11.3. The number of halogens is 1. The Balaban J connectivity index is 1.74. The van der Waals surface area contributed by atoms with E-state index in [2.05, 4.69) is 31.3 Å². The van der Waals surface area contributed by atoms with Crippen LogP contribution in [0.25, 0.3) is 0 Å². The van der Waals surface area contributed by atoms with Crippen LogP contribution in [0.4, 0.5) is 5.95 Å². The van der Waals surface area contributed by atoms with Crippen molar-refractivity contribution < 1.29 is 19.0 Å². The van der Waals surface area contributed by atoms with Gasteiger partial charge in [-0.3, -0.25) is 0 Å². The molecular weight excluding hydrogens is 488 g/mol. The Kier molecular flexibility index (Phi) is 6.69. The van der Waals surface area contributed by atoms with Gasteiger partial charge in [0.25, 0.3) is 0 Å². The molecule has 1 aliphatic heterocycles. The molecule has 1 aromatic heterocycles. The molecule has 0 spiro atoms. The lowest BCUT2D eigenvalue weighted by atomic mass is 9.95. The molecule has 0 bridgehead atoms. The maximum atomic E-state index is 12.9. The molecule has 1 N–H and O–H groups in total. The van der Waals surface area contributed by atoms with Gasteiger partial charge in [0.2, 0.25) is 5.95 Å². The fraction of sp³-hybridized carbons (Fsp3) is 0.292. The first-order valence-electron chi connectivity index (χ1n) is 10.5. The molecule has 1 aliphatic rings. The van der Waals surface area contributed by atoms with E-state index in [0.29, 0.717) is 39.8 Å². The number of esters is 1. The minimum atomic E-state index is -0.543. The summed E-state index contributed by atoms with van der Waals surface area (Å²) in [6.07, 6.45) is 1.45. The van der Waals surface area contributed by atoms with Gasteiger partial charge in [0.15, 0.2) is 11.5 Å². The van der Waals surface area contributed by atoms with Crippen molar-refractivity contribution in [1.29, 1.82) is 0 Å². The Morgan fingerprint density at radius 1 is 1.24 bits per heavy atom. The van der Waals surface area contributed by atoms with E-state index >= 15 is 0 Å². The molecule has 0 saturated carbocycles. The molecule has 2 aromatic carbocycles. The van der Waals surface area contributed by atoms with Gasteiger partial charge in [0, 0.05) is 5.70 Å². The Bertz CT molecular complexity index is 1220. The van der Waals surface area contributed by atoms with E-state index in [4.69, 9.17) is 14.2 Å². The van der Waals surface area contributed by atoms with Crippen LogP contribution in [-0.2, 0) is 16.1 Å². The van der Waals surface area contributed by atoms with Crippen molar-refractivity contribution in [1.82, 2.24) is 14.8 Å². The Morgan fingerprint density at radius 2 is 2.03 bits per heavy atom. The summed E-state index contributed by atoms with van der Waals surface area (Å²) in [7, 11) is 1.59. The molecule has 3 aromatic rings. The molecule has 33 heavy (non-hydrogen) atoms. The van der Waals surface area contributed by atoms with Gasteiger partial charge in [-0.15, -0.1) is 0 Å². The largest absolute Gasteiger partial charge is 0.493 e. The number of benzene rings is 2. The molecule has 0 fully saturated rings. The van der Waals surface area contributed by atoms with Crippen molar-refractivity contribution in [2.24, 2.45) is 0 Å². The zero-order valence-electron chi connectivity index (χ0n) is 18.9. The van der Waals surface area contributed by atoms with E-state index in [9.17, 15) is 4.79 Å². The molecule has 172 valence electrons. The number of nitrogens with zero attached hydrogens (tertiary/aromatic N) is 3. The van der Waals surface area contributed by atoms with Gasteiger partial charge >= 0.3 is 5.97 Å². The third kappa shape index (κ3) is 4.45. The molecule has 0 amide bonds. The van der Waals surface area contributed by atoms with Crippen LogP contribution < -0.4 is 14.8 Å². The second-order valence-corrected chi connectivity index (χ2v) is 8.42. The van der Waals surface area contributed by atoms with E-state index < -0.39 is 12.0 Å². The number of aryl methyl sites for hydroxylation is 1. The van der Waals surface area contributed by atoms with Gasteiger partial charge in [0.05, 0.1) is 23.8 Å². The predicted octanol–water partition coefficient (Wildman–Crippen LogP) is 4.79. The molecule has 1 atom stereocenters. The first kappa shape index (κ1) is 22.8. The number of hydrogen-bond acceptors (Lipinski definition) is 7. The van der Waals surface area contributed by atoms with Crippen LogP contribution in [0.5, 0.6) is 11.5 Å². The monoisotopic (exact) mass is 512 g/mol. The highest BCUT2D eigenvalue weighted by Crippen LogP contribution is 2.43. The van der Waals surface area contributed by atoms with E-state index in [1.807, 2.05) is 50.2 Å². The van der Waals surface area contributed by atoms with Crippen LogP contribution in [0, 0.1) is 6.92 Å². The molecule has 0 saturated heterocycles. The number of ether oxygens (including phenoxy) is 3. The van der Waals surface area contributed by atoms with Crippen LogP contribution in [0.1, 0.15) is 36.6 Å². The standard InChI is InChI=1S/C24H25BrN4O4/c1-5-32-23(30)20-15(3)28-24-26-13-27-29(24)21(20)17-10-18(25)22(19(11-17)31-4)33-12-16-9-7-6-8-14(16)2/h6-11,13,21H,5,12H2,1-4H3,(H,26,27,28). The number of methoxy groups -OCH3 is 1. The third-order valence-electron chi connectivity index (χ3n) is 5.49. The minimum absolute atomic E-state index is 0.269. The number of rotatable bonds is 7. The zero-order valence-corrected chi connectivity index (χ0v) is 20.5. The number of aromatic nitrogens is 3. The maximum Gasteiger partial charge on any atom is 0.338 e. The van der Waals surface area contributed by atoms with Gasteiger partial charge in [0.1, 0.15) is 19.0 Å². The van der Waals surface area contributed by atoms with Gasteiger partial charge < -0.3 is 19.5 Å². The highest BCUT2D eigenvalue weighted by molar-refractivity contribution is 9.10. The molecule has 0 aliphatic carbocycles. The van der Waals surface area contributed by atoms with Crippen LogP contribution in [-0.4, -0.2) is 34.5 Å². The molecule has 8 nitrogen and oxygen atoms in total. The van der Waals surface area contributed by atoms with Crippen molar-refractivity contribution in [3.63, 3.8) is 0 Å². The highest BCUT2D eigenvalue weighted by atomic mass is 79.9. The second kappa shape index (κ2) is 9.66. The van der Waals surface area contributed by atoms with Gasteiger partial charge in [-0.2, -0.15) is 10.1 Å². The van der Waals surface area contributed by atoms with Crippen LogP contribution in [0.2, 0.25) is 0 Å². The first-order chi connectivity index (χ1) is 15.9. The first-order valence-corrected chi connectivity index (χ1v) is 11.3. The SMILES string of the molecule is CCOC(=O)C1=C(C)Nc2ncnn2C1c1cc(Br)c(OCc2ccccc2C)c(OC)c1. The molecule has 2 heterocycles. The number of nitrogens with one attached hydrogen (secondary N) is 1. The summed E-state index contributed by atoms with van der Waals surface area (Å²) < 4.78 is 19.5. The Morgan fingerprint density at radius 3 is 2.76 bits per heavy atom. The number of hydrogen-bond donors (Lipinski definition) is 1. The minimum Gasteiger partial charge on any atom is -0.493 e. The van der Waals surface area contributed by atoms with Crippen molar-refractivity contribution in [2.75, 3.05) is 19.0 Å². The zero-order chi connectivity index (χ0) is 23.5. The van der Waals surface area contributed by atoms with Crippen LogP contribution in [0.15, 0.2) is 58.5 Å². The summed E-state index contributed by atoms with van der Waals surface area (Å²) in [5.74, 6) is 1.24. The number of carbonyl (C=O) groups is 1. The lowest BCUT2D eigenvalue weighted by molar-refractivity contribution is -0.139. The smallest absolute Gasteiger partial charge is 0.338 e. The average molecular weight is 513 g/mol. The van der Waals surface area contributed by atoms with Crippen molar-refractivity contribution in [3.05, 3.63) is 75.2 Å². The van der Waals surface area contributed by atoms with Crippen molar-refractivity contribution in [3.8, 4) is 11.5 Å². The lowest BCUT2D eigenvalue weighted by Gasteiger charge is -2.28. The summed E-state index contributed by atoms with van der Waals surface area (Å²) in [6.45, 7) is 6.32. The van der Waals surface area contributed by atoms with Gasteiger partial charge in [-0.05, 0) is 65.5 Å². The normalized spacial score (nSPS) is 15.0. The summed E-state index contributed by atoms with van der Waals surface area (Å²) >= 11 is 3.63. The topological polar surface area (TPSA) is 87.5 Å².